The molecular formula is C26H29N5O4. The van der Waals surface area contributed by atoms with Crippen molar-refractivity contribution < 1.29 is 14.7 Å². The summed E-state index contributed by atoms with van der Waals surface area (Å²) < 4.78 is 3.52. The Labute approximate surface area is 203 Å². The fourth-order valence-corrected chi connectivity index (χ4v) is 5.39. The maximum atomic E-state index is 13.6. The van der Waals surface area contributed by atoms with E-state index in [1.54, 1.807) is 36.5 Å². The van der Waals surface area contributed by atoms with Crippen LogP contribution in [0, 0.1) is 5.41 Å². The Bertz CT molecular complexity index is 1430. The molecule has 4 heterocycles. The number of aryl methyl sites for hydroxylation is 1. The summed E-state index contributed by atoms with van der Waals surface area (Å²) in [4.78, 5) is 43.7. The van der Waals surface area contributed by atoms with E-state index in [1.807, 2.05) is 6.07 Å². The Morgan fingerprint density at radius 2 is 1.97 bits per heavy atom. The van der Waals surface area contributed by atoms with Gasteiger partial charge in [0.2, 0.25) is 5.91 Å². The molecule has 3 aromatic rings. The number of aliphatic hydroxyl groups excluding tert-OH is 1. The molecule has 182 valence electrons. The molecule has 35 heavy (non-hydrogen) atoms. The number of carbonyl (C=O) groups excluding carboxylic acids is 2. The van der Waals surface area contributed by atoms with Crippen molar-refractivity contribution in [1.82, 2.24) is 14.1 Å². The van der Waals surface area contributed by atoms with Crippen LogP contribution in [0.15, 0.2) is 35.4 Å². The summed E-state index contributed by atoms with van der Waals surface area (Å²) in [5, 5.41) is 12.9. The van der Waals surface area contributed by atoms with Gasteiger partial charge in [0, 0.05) is 56.3 Å². The Hall–Kier alpha value is -3.72. The molecule has 5 rings (SSSR count). The first-order valence-electron chi connectivity index (χ1n) is 11.7. The Kier molecular flexibility index (Phi) is 5.40. The number of amides is 2. The topological polar surface area (TPSA) is 109 Å². The lowest BCUT2D eigenvalue weighted by Crippen LogP contribution is -2.41. The molecule has 0 radical (unpaired) electrons. The first-order chi connectivity index (χ1) is 16.6. The van der Waals surface area contributed by atoms with Gasteiger partial charge in [-0.2, -0.15) is 0 Å². The molecule has 2 N–H and O–H groups in total. The second-order valence-corrected chi connectivity index (χ2v) is 10.2. The molecule has 9 nitrogen and oxygen atoms in total. The minimum absolute atomic E-state index is 0.137. The maximum Gasteiger partial charge on any atom is 0.276 e. The van der Waals surface area contributed by atoms with Crippen LogP contribution in [0.25, 0.3) is 11.1 Å². The third kappa shape index (κ3) is 3.85. The van der Waals surface area contributed by atoms with Crippen molar-refractivity contribution in [3.8, 4) is 11.1 Å². The van der Waals surface area contributed by atoms with Crippen LogP contribution in [0.4, 0.5) is 11.5 Å². The lowest BCUT2D eigenvalue weighted by atomic mass is 9.90. The number of nitrogens with one attached hydrogen (secondary N) is 1. The van der Waals surface area contributed by atoms with Gasteiger partial charge in [-0.25, -0.2) is 4.98 Å². The fourth-order valence-electron chi connectivity index (χ4n) is 5.39. The van der Waals surface area contributed by atoms with Gasteiger partial charge >= 0.3 is 0 Å². The SMILES string of the molecule is CC(=O)Nc1cc(-c2ccnc(N3CCn4c(cc5c4CC(C)(C)C5)C3=O)c2CO)cn(C)c1=O. The van der Waals surface area contributed by atoms with E-state index in [4.69, 9.17) is 0 Å². The van der Waals surface area contributed by atoms with Gasteiger partial charge in [-0.15, -0.1) is 0 Å². The fraction of sp³-hybridized carbons (Fsp3) is 0.385. The van der Waals surface area contributed by atoms with E-state index in [0.29, 0.717) is 41.3 Å². The number of carbonyl (C=O) groups is 2. The van der Waals surface area contributed by atoms with E-state index in [1.165, 1.54) is 22.7 Å². The highest BCUT2D eigenvalue weighted by Gasteiger charge is 2.37. The lowest BCUT2D eigenvalue weighted by Gasteiger charge is -2.31. The van der Waals surface area contributed by atoms with E-state index in [-0.39, 0.29) is 35.1 Å². The number of aromatic nitrogens is 3. The zero-order valence-electron chi connectivity index (χ0n) is 20.4. The van der Waals surface area contributed by atoms with E-state index in [0.717, 1.165) is 12.8 Å². The number of hydrogen-bond acceptors (Lipinski definition) is 5. The van der Waals surface area contributed by atoms with Crippen LogP contribution in [-0.4, -0.2) is 37.6 Å². The summed E-state index contributed by atoms with van der Waals surface area (Å²) in [6, 6.07) is 5.32. The van der Waals surface area contributed by atoms with Crippen molar-refractivity contribution >= 4 is 23.3 Å². The predicted octanol–water partition coefficient (Wildman–Crippen LogP) is 2.48. The molecule has 3 aromatic heterocycles. The molecule has 0 spiro atoms. The maximum absolute atomic E-state index is 13.6. The van der Waals surface area contributed by atoms with Crippen molar-refractivity contribution in [2.75, 3.05) is 16.8 Å². The predicted molar refractivity (Wildman–Crippen MR) is 132 cm³/mol. The molecule has 1 aliphatic heterocycles. The van der Waals surface area contributed by atoms with Crippen LogP contribution in [-0.2, 0) is 37.8 Å². The quantitative estimate of drug-likeness (QED) is 0.603. The molecule has 0 fully saturated rings. The van der Waals surface area contributed by atoms with E-state index in [2.05, 4.69) is 28.7 Å². The summed E-state index contributed by atoms with van der Waals surface area (Å²) in [7, 11) is 1.60. The van der Waals surface area contributed by atoms with Crippen LogP contribution >= 0.6 is 0 Å². The molecule has 1 aliphatic carbocycles. The summed E-state index contributed by atoms with van der Waals surface area (Å²) in [6.45, 7) is 6.60. The molecule has 0 saturated heterocycles. The van der Waals surface area contributed by atoms with Gasteiger partial charge in [-0.1, -0.05) is 13.8 Å². The number of hydrogen-bond donors (Lipinski definition) is 2. The van der Waals surface area contributed by atoms with Gasteiger partial charge in [0.25, 0.3) is 11.5 Å². The van der Waals surface area contributed by atoms with Gasteiger partial charge in [-0.3, -0.25) is 19.3 Å². The molecule has 0 saturated carbocycles. The zero-order valence-corrected chi connectivity index (χ0v) is 20.4. The second-order valence-electron chi connectivity index (χ2n) is 10.2. The summed E-state index contributed by atoms with van der Waals surface area (Å²) in [5.41, 5.74) is 4.90. The molecule has 0 unspecified atom stereocenters. The van der Waals surface area contributed by atoms with Gasteiger partial charge in [-0.05, 0) is 47.6 Å². The molecule has 0 bridgehead atoms. The smallest absolute Gasteiger partial charge is 0.276 e. The van der Waals surface area contributed by atoms with Crippen molar-refractivity contribution in [3.63, 3.8) is 0 Å². The number of rotatable bonds is 4. The molecule has 2 amide bonds. The molecule has 2 aliphatic rings. The van der Waals surface area contributed by atoms with Gasteiger partial charge in [0.15, 0.2) is 0 Å². The normalized spacial score (nSPS) is 16.3. The third-order valence-corrected chi connectivity index (χ3v) is 6.88. The van der Waals surface area contributed by atoms with E-state index >= 15 is 0 Å². The first-order valence-corrected chi connectivity index (χ1v) is 11.7. The standard InChI is InChI=1S/C26H29N5O4/c1-15(33)28-20-9-17(13-29(4)24(20)34)18-5-6-27-23(19(18)14-32)31-8-7-30-21(25(31)35)10-16-11-26(2,3)12-22(16)30/h5-6,9-10,13,32H,7-8,11-12,14H2,1-4H3,(H,28,33). The van der Waals surface area contributed by atoms with Gasteiger partial charge in [0.05, 0.1) is 6.61 Å². The zero-order chi connectivity index (χ0) is 25.1. The Morgan fingerprint density at radius 1 is 1.20 bits per heavy atom. The summed E-state index contributed by atoms with van der Waals surface area (Å²) in [5.74, 6) is -0.0886. The Balaban J connectivity index is 1.56. The van der Waals surface area contributed by atoms with Gasteiger partial charge in [0.1, 0.15) is 17.2 Å². The third-order valence-electron chi connectivity index (χ3n) is 6.88. The highest BCUT2D eigenvalue weighted by Crippen LogP contribution is 2.40. The number of pyridine rings is 2. The molecule has 0 atom stereocenters. The van der Waals surface area contributed by atoms with E-state index < -0.39 is 0 Å². The molecule has 9 heteroatoms. The minimum Gasteiger partial charge on any atom is -0.392 e. The number of fused-ring (bicyclic) bond motifs is 3. The van der Waals surface area contributed by atoms with Crippen molar-refractivity contribution in [2.24, 2.45) is 12.5 Å². The number of anilines is 2. The summed E-state index contributed by atoms with van der Waals surface area (Å²) in [6.07, 6.45) is 5.14. The second kappa shape index (κ2) is 8.20. The number of nitrogens with zero attached hydrogens (tertiary/aromatic N) is 4. The van der Waals surface area contributed by atoms with Crippen LogP contribution < -0.4 is 15.8 Å². The lowest BCUT2D eigenvalue weighted by molar-refractivity contribution is -0.114. The minimum atomic E-state index is -0.353. The average Bonchev–Trinajstić information content (AvgIpc) is 3.28. The highest BCUT2D eigenvalue weighted by molar-refractivity contribution is 6.06. The van der Waals surface area contributed by atoms with Crippen LogP contribution in [0.5, 0.6) is 0 Å². The first kappa shape index (κ1) is 23.0. The summed E-state index contributed by atoms with van der Waals surface area (Å²) >= 11 is 0. The van der Waals surface area contributed by atoms with E-state index in [9.17, 15) is 19.5 Å². The van der Waals surface area contributed by atoms with Crippen molar-refractivity contribution in [3.05, 3.63) is 63.5 Å². The monoisotopic (exact) mass is 475 g/mol. The molecular weight excluding hydrogens is 446 g/mol. The average molecular weight is 476 g/mol. The van der Waals surface area contributed by atoms with Gasteiger partial charge < -0.3 is 19.6 Å². The van der Waals surface area contributed by atoms with Crippen LogP contribution in [0.3, 0.4) is 0 Å². The largest absolute Gasteiger partial charge is 0.392 e. The van der Waals surface area contributed by atoms with Crippen LogP contribution in [0.1, 0.15) is 48.1 Å². The Morgan fingerprint density at radius 3 is 2.69 bits per heavy atom. The van der Waals surface area contributed by atoms with Crippen molar-refractivity contribution in [1.29, 1.82) is 0 Å². The van der Waals surface area contributed by atoms with Crippen molar-refractivity contribution in [2.45, 2.75) is 46.8 Å². The molecule has 0 aromatic carbocycles. The van der Waals surface area contributed by atoms with Crippen LogP contribution in [0.2, 0.25) is 0 Å². The number of aliphatic hydroxyl groups is 1. The highest BCUT2D eigenvalue weighted by atomic mass is 16.3.